The van der Waals surface area contributed by atoms with Crippen LogP contribution in [0.5, 0.6) is 0 Å². The van der Waals surface area contributed by atoms with E-state index in [2.05, 4.69) is 21.2 Å². The van der Waals surface area contributed by atoms with Crippen molar-refractivity contribution in [3.63, 3.8) is 0 Å². The predicted octanol–water partition coefficient (Wildman–Crippen LogP) is 3.87. The molecule has 8 heteroatoms. The van der Waals surface area contributed by atoms with E-state index in [1.54, 1.807) is 0 Å². The monoisotopic (exact) mass is 456 g/mol. The summed E-state index contributed by atoms with van der Waals surface area (Å²) in [7, 11) is -2.25. The molecular formula is C19H22BrFN2O3S. The van der Waals surface area contributed by atoms with Gasteiger partial charge in [0.2, 0.25) is 15.9 Å². The van der Waals surface area contributed by atoms with Gasteiger partial charge in [-0.15, -0.1) is 0 Å². The van der Waals surface area contributed by atoms with Crippen molar-refractivity contribution in [2.75, 3.05) is 13.6 Å². The van der Waals surface area contributed by atoms with Gasteiger partial charge in [-0.2, -0.15) is 0 Å². The summed E-state index contributed by atoms with van der Waals surface area (Å²) in [4.78, 5) is 12.1. The molecule has 0 saturated carbocycles. The topological polar surface area (TPSA) is 66.5 Å². The third kappa shape index (κ3) is 6.12. The summed E-state index contributed by atoms with van der Waals surface area (Å²) in [5.74, 6) is -0.633. The summed E-state index contributed by atoms with van der Waals surface area (Å²) < 4.78 is 39.9. The zero-order valence-corrected chi connectivity index (χ0v) is 17.6. The molecule has 0 fully saturated rings. The molecule has 1 unspecified atom stereocenters. The Labute approximate surface area is 167 Å². The molecule has 0 aliphatic carbocycles. The molecular weight excluding hydrogens is 435 g/mol. The molecule has 2 aromatic carbocycles. The molecule has 0 aliphatic heterocycles. The molecule has 0 radical (unpaired) electrons. The van der Waals surface area contributed by atoms with E-state index in [0.29, 0.717) is 6.42 Å². The van der Waals surface area contributed by atoms with Crippen molar-refractivity contribution in [2.24, 2.45) is 0 Å². The second-order valence-electron chi connectivity index (χ2n) is 6.22. The van der Waals surface area contributed by atoms with Gasteiger partial charge in [0, 0.05) is 24.5 Å². The first-order valence-electron chi connectivity index (χ1n) is 8.47. The van der Waals surface area contributed by atoms with Gasteiger partial charge in [-0.3, -0.25) is 4.79 Å². The van der Waals surface area contributed by atoms with Crippen LogP contribution in [0.3, 0.4) is 0 Å². The lowest BCUT2D eigenvalue weighted by atomic mass is 10.1. The summed E-state index contributed by atoms with van der Waals surface area (Å²) in [6, 6.07) is 12.2. The van der Waals surface area contributed by atoms with Crippen molar-refractivity contribution in [2.45, 2.75) is 30.7 Å². The Hall–Kier alpha value is -1.77. The fraction of sp³-hybridized carbons (Fsp3) is 0.316. The lowest BCUT2D eigenvalue weighted by Gasteiger charge is -2.18. The highest BCUT2D eigenvalue weighted by Crippen LogP contribution is 2.17. The minimum absolute atomic E-state index is 0.0275. The van der Waals surface area contributed by atoms with Crippen LogP contribution in [0, 0.1) is 5.82 Å². The second kappa shape index (κ2) is 9.43. The van der Waals surface area contributed by atoms with Crippen molar-refractivity contribution in [1.29, 1.82) is 0 Å². The molecule has 146 valence electrons. The third-order valence-corrected chi connectivity index (χ3v) is 6.55. The summed E-state index contributed by atoms with van der Waals surface area (Å²) in [5.41, 5.74) is 0.988. The van der Waals surface area contributed by atoms with Crippen LogP contribution in [-0.2, 0) is 14.8 Å². The number of hydrogen-bond donors (Lipinski definition) is 1. The standard InChI is InChI=1S/C19H22BrFN2O3S/c1-14(15-5-7-16(20)8-6-15)22-19(24)4-3-13-23(2)27(25,26)18-11-9-17(21)10-12-18/h5-12,14H,3-4,13H2,1-2H3,(H,22,24). The Morgan fingerprint density at radius 1 is 1.15 bits per heavy atom. The van der Waals surface area contributed by atoms with E-state index in [-0.39, 0.29) is 29.8 Å². The first-order chi connectivity index (χ1) is 12.7. The first-order valence-corrected chi connectivity index (χ1v) is 10.7. The van der Waals surface area contributed by atoms with Crippen LogP contribution in [0.25, 0.3) is 0 Å². The number of halogens is 2. The first kappa shape index (κ1) is 21.5. The molecule has 5 nitrogen and oxygen atoms in total. The van der Waals surface area contributed by atoms with Crippen LogP contribution in [0.4, 0.5) is 4.39 Å². The normalized spacial score (nSPS) is 12.8. The van der Waals surface area contributed by atoms with Gasteiger partial charge in [0.05, 0.1) is 10.9 Å². The second-order valence-corrected chi connectivity index (χ2v) is 9.19. The summed E-state index contributed by atoms with van der Waals surface area (Å²) in [6.45, 7) is 2.09. The molecule has 0 saturated heterocycles. The SMILES string of the molecule is CC(NC(=O)CCCN(C)S(=O)(=O)c1ccc(F)cc1)c1ccc(Br)cc1. The molecule has 0 aromatic heterocycles. The summed E-state index contributed by atoms with van der Waals surface area (Å²) in [6.07, 6.45) is 0.597. The zero-order chi connectivity index (χ0) is 20.0. The number of hydrogen-bond acceptors (Lipinski definition) is 3. The average Bonchev–Trinajstić information content (AvgIpc) is 2.62. The van der Waals surface area contributed by atoms with Crippen LogP contribution in [0.2, 0.25) is 0 Å². The van der Waals surface area contributed by atoms with Crippen molar-refractivity contribution < 1.29 is 17.6 Å². The van der Waals surface area contributed by atoms with E-state index in [1.165, 1.54) is 23.5 Å². The molecule has 0 aliphatic rings. The van der Waals surface area contributed by atoms with Gasteiger partial charge in [-0.05, 0) is 55.3 Å². The van der Waals surface area contributed by atoms with Crippen molar-refractivity contribution in [3.8, 4) is 0 Å². The fourth-order valence-corrected chi connectivity index (χ4v) is 3.99. The lowest BCUT2D eigenvalue weighted by Crippen LogP contribution is -2.30. The molecule has 1 N–H and O–H groups in total. The van der Waals surface area contributed by atoms with Gasteiger partial charge in [0.1, 0.15) is 5.82 Å². The maximum atomic E-state index is 13.0. The molecule has 0 heterocycles. The molecule has 0 spiro atoms. The molecule has 0 bridgehead atoms. The number of nitrogens with one attached hydrogen (secondary N) is 1. The maximum absolute atomic E-state index is 13.0. The highest BCUT2D eigenvalue weighted by molar-refractivity contribution is 9.10. The lowest BCUT2D eigenvalue weighted by molar-refractivity contribution is -0.121. The number of carbonyl (C=O) groups is 1. The smallest absolute Gasteiger partial charge is 0.242 e. The minimum Gasteiger partial charge on any atom is -0.350 e. The number of rotatable bonds is 8. The van der Waals surface area contributed by atoms with E-state index < -0.39 is 15.8 Å². The van der Waals surface area contributed by atoms with Crippen LogP contribution < -0.4 is 5.32 Å². The van der Waals surface area contributed by atoms with E-state index in [9.17, 15) is 17.6 Å². The van der Waals surface area contributed by atoms with Crippen LogP contribution in [-0.4, -0.2) is 32.2 Å². The van der Waals surface area contributed by atoms with Gasteiger partial charge in [-0.25, -0.2) is 17.1 Å². The van der Waals surface area contributed by atoms with Crippen molar-refractivity contribution in [1.82, 2.24) is 9.62 Å². The van der Waals surface area contributed by atoms with Crippen molar-refractivity contribution in [3.05, 3.63) is 64.4 Å². The molecule has 27 heavy (non-hydrogen) atoms. The zero-order valence-electron chi connectivity index (χ0n) is 15.2. The molecule has 1 atom stereocenters. The number of benzene rings is 2. The van der Waals surface area contributed by atoms with E-state index in [0.717, 1.165) is 22.2 Å². The maximum Gasteiger partial charge on any atom is 0.242 e. The van der Waals surface area contributed by atoms with Crippen LogP contribution in [0.15, 0.2) is 57.9 Å². The summed E-state index contributed by atoms with van der Waals surface area (Å²) in [5, 5.41) is 2.90. The van der Waals surface area contributed by atoms with Crippen LogP contribution >= 0.6 is 15.9 Å². The minimum atomic E-state index is -3.69. The highest BCUT2D eigenvalue weighted by Gasteiger charge is 2.20. The van der Waals surface area contributed by atoms with E-state index in [4.69, 9.17) is 0 Å². The Bertz CT molecular complexity index is 871. The molecule has 2 rings (SSSR count). The number of nitrogens with zero attached hydrogens (tertiary/aromatic N) is 1. The Kier molecular flexibility index (Phi) is 7.52. The number of amides is 1. The van der Waals surface area contributed by atoms with E-state index >= 15 is 0 Å². The fourth-order valence-electron chi connectivity index (χ4n) is 2.52. The summed E-state index contributed by atoms with van der Waals surface area (Å²) >= 11 is 3.37. The number of sulfonamides is 1. The van der Waals surface area contributed by atoms with Gasteiger partial charge < -0.3 is 5.32 Å². The third-order valence-electron chi connectivity index (χ3n) is 4.15. The molecule has 1 amide bonds. The van der Waals surface area contributed by atoms with Gasteiger partial charge in [0.15, 0.2) is 0 Å². The van der Waals surface area contributed by atoms with Crippen LogP contribution in [0.1, 0.15) is 31.4 Å². The average molecular weight is 457 g/mol. The number of carbonyl (C=O) groups excluding carboxylic acids is 1. The largest absolute Gasteiger partial charge is 0.350 e. The Morgan fingerprint density at radius 2 is 1.74 bits per heavy atom. The van der Waals surface area contributed by atoms with E-state index in [1.807, 2.05) is 31.2 Å². The highest BCUT2D eigenvalue weighted by atomic mass is 79.9. The van der Waals surface area contributed by atoms with Crippen molar-refractivity contribution >= 4 is 31.9 Å². The van der Waals surface area contributed by atoms with Gasteiger partial charge >= 0.3 is 0 Å². The van der Waals surface area contributed by atoms with Gasteiger partial charge in [0.25, 0.3) is 0 Å². The quantitative estimate of drug-likeness (QED) is 0.655. The Morgan fingerprint density at radius 3 is 2.33 bits per heavy atom. The van der Waals surface area contributed by atoms with Gasteiger partial charge in [-0.1, -0.05) is 28.1 Å². The Balaban J connectivity index is 1.83. The predicted molar refractivity (Wildman–Crippen MR) is 106 cm³/mol. The molecule has 2 aromatic rings.